The van der Waals surface area contributed by atoms with Gasteiger partial charge in [0.25, 0.3) is 0 Å². The smallest absolute Gasteiger partial charge is 0.491 e. The average Bonchev–Trinajstić information content (AvgIpc) is 2.46. The molecule has 0 aliphatic heterocycles. The quantitative estimate of drug-likeness (QED) is 0.616. The zero-order chi connectivity index (χ0) is 17.1. The van der Waals surface area contributed by atoms with E-state index >= 15 is 0 Å². The third-order valence-corrected chi connectivity index (χ3v) is 5.17. The maximum Gasteiger partial charge on any atom is 1.00 e. The molecule has 0 spiro atoms. The van der Waals surface area contributed by atoms with Crippen LogP contribution in [0.15, 0.2) is 30.3 Å². The van der Waals surface area contributed by atoms with E-state index in [1.54, 1.807) is 0 Å². The minimum Gasteiger partial charge on any atom is -0.491 e. The number of carbonyl (C=O) groups is 1. The summed E-state index contributed by atoms with van der Waals surface area (Å²) in [7, 11) is 0.139. The fourth-order valence-corrected chi connectivity index (χ4v) is 3.82. The second-order valence-corrected chi connectivity index (χ2v) is 7.56. The van der Waals surface area contributed by atoms with E-state index in [1.165, 1.54) is 11.1 Å². The molecule has 0 saturated heterocycles. The first-order valence-corrected chi connectivity index (χ1v) is 8.95. The molecule has 0 saturated carbocycles. The molecule has 0 N–H and O–H groups in total. The average molecular weight is 335 g/mol. The molecular formula is C20H25LiO2P+. The monoisotopic (exact) mass is 335 g/mol. The third kappa shape index (κ3) is 4.97. The van der Waals surface area contributed by atoms with Crippen molar-refractivity contribution < 1.29 is 28.4 Å². The predicted molar refractivity (Wildman–Crippen MR) is 99.9 cm³/mol. The molecule has 2 aromatic rings. The molecular weight excluding hydrogens is 310 g/mol. The second-order valence-electron chi connectivity index (χ2n) is 6.28. The van der Waals surface area contributed by atoms with E-state index in [-0.39, 0.29) is 39.1 Å². The molecule has 0 aliphatic rings. The van der Waals surface area contributed by atoms with Crippen LogP contribution < -0.4 is 28.9 Å². The van der Waals surface area contributed by atoms with Crippen LogP contribution in [0.3, 0.4) is 0 Å². The van der Waals surface area contributed by atoms with Gasteiger partial charge in [-0.2, -0.15) is 0 Å². The summed E-state index contributed by atoms with van der Waals surface area (Å²) in [6.45, 7) is 12.3. The van der Waals surface area contributed by atoms with E-state index in [0.717, 1.165) is 27.7 Å². The molecule has 1 unspecified atom stereocenters. The summed E-state index contributed by atoms with van der Waals surface area (Å²) in [6.07, 6.45) is 0.158. The van der Waals surface area contributed by atoms with Gasteiger partial charge < -0.3 is 4.74 Å². The van der Waals surface area contributed by atoms with Gasteiger partial charge in [-0.25, -0.2) is 0 Å². The molecule has 1 atom stereocenters. The van der Waals surface area contributed by atoms with Crippen LogP contribution in [0, 0.1) is 27.7 Å². The van der Waals surface area contributed by atoms with E-state index in [0.29, 0.717) is 0 Å². The third-order valence-electron chi connectivity index (χ3n) is 4.07. The van der Waals surface area contributed by atoms with Crippen LogP contribution in [0.1, 0.15) is 46.5 Å². The van der Waals surface area contributed by atoms with Crippen molar-refractivity contribution in [2.24, 2.45) is 0 Å². The number of ether oxygens (including phenoxy) is 1. The van der Waals surface area contributed by atoms with Crippen LogP contribution >= 0.6 is 8.58 Å². The first-order chi connectivity index (χ1) is 10.8. The van der Waals surface area contributed by atoms with Crippen molar-refractivity contribution in [2.45, 2.75) is 47.6 Å². The van der Waals surface area contributed by atoms with E-state index in [4.69, 9.17) is 4.74 Å². The molecule has 2 nitrogen and oxygen atoms in total. The summed E-state index contributed by atoms with van der Waals surface area (Å²) in [6, 6.07) is 9.96. The zero-order valence-electron chi connectivity index (χ0n) is 15.8. The maximum absolute atomic E-state index is 12.8. The molecule has 24 heavy (non-hydrogen) atoms. The van der Waals surface area contributed by atoms with Crippen molar-refractivity contribution in [2.75, 3.05) is 0 Å². The molecule has 0 fully saturated rings. The fourth-order valence-electron chi connectivity index (χ4n) is 2.72. The van der Waals surface area contributed by atoms with Gasteiger partial charge in [-0.3, -0.25) is 4.79 Å². The van der Waals surface area contributed by atoms with Crippen molar-refractivity contribution in [1.82, 2.24) is 0 Å². The number of aryl methyl sites for hydroxylation is 2. The molecule has 0 aliphatic carbocycles. The second kappa shape index (κ2) is 8.86. The number of hydrogen-bond acceptors (Lipinski definition) is 2. The van der Waals surface area contributed by atoms with Crippen LogP contribution in [0.25, 0.3) is 0 Å². The Morgan fingerprint density at radius 2 is 1.54 bits per heavy atom. The number of benzene rings is 2. The minimum atomic E-state index is 0. The SMILES string of the molecule is Cc1cc(C)c(C(=O)Pc2ccc(OC(C)C)cc2)c(C)c1C.[Li+]. The van der Waals surface area contributed by atoms with E-state index in [9.17, 15) is 4.79 Å². The molecule has 2 aromatic carbocycles. The Bertz CT molecular complexity index is 721. The predicted octanol–water partition coefficient (Wildman–Crippen LogP) is 1.86. The Hall–Kier alpha value is -1.06. The summed E-state index contributed by atoms with van der Waals surface area (Å²) in [5.74, 6) is 0.847. The maximum atomic E-state index is 12.8. The molecule has 0 bridgehead atoms. The first kappa shape index (κ1) is 21.0. The van der Waals surface area contributed by atoms with Crippen molar-refractivity contribution in [3.8, 4) is 5.75 Å². The number of rotatable bonds is 5. The van der Waals surface area contributed by atoms with Gasteiger partial charge in [0.15, 0.2) is 5.52 Å². The normalized spacial score (nSPS) is 11.0. The summed E-state index contributed by atoms with van der Waals surface area (Å²) in [5, 5.41) is 1.04. The van der Waals surface area contributed by atoms with Gasteiger partial charge in [0.1, 0.15) is 5.75 Å². The van der Waals surface area contributed by atoms with Crippen LogP contribution in [0.2, 0.25) is 0 Å². The number of hydrogen-bond donors (Lipinski definition) is 0. The molecule has 0 aromatic heterocycles. The molecule has 0 heterocycles. The Morgan fingerprint density at radius 3 is 2.08 bits per heavy atom. The van der Waals surface area contributed by atoms with Crippen molar-refractivity contribution in [1.29, 1.82) is 0 Å². The van der Waals surface area contributed by atoms with Gasteiger partial charge in [-0.1, -0.05) is 18.2 Å². The van der Waals surface area contributed by atoms with E-state index in [1.807, 2.05) is 52.0 Å². The molecule has 122 valence electrons. The molecule has 0 amide bonds. The van der Waals surface area contributed by atoms with Crippen LogP contribution in [-0.4, -0.2) is 11.6 Å². The molecule has 2 rings (SSSR count). The summed E-state index contributed by atoms with van der Waals surface area (Å²) in [4.78, 5) is 12.8. The van der Waals surface area contributed by atoms with Crippen molar-refractivity contribution in [3.05, 3.63) is 58.1 Å². The van der Waals surface area contributed by atoms with Crippen molar-refractivity contribution >= 4 is 19.4 Å². The largest absolute Gasteiger partial charge is 1.00 e. The standard InChI is InChI=1S/C20H25O2P.Li/c1-12(2)22-17-7-9-18(10-8-17)23-20(21)19-14(4)11-13(3)15(5)16(19)6;/h7-12,23H,1-6H3;/q;+1. The van der Waals surface area contributed by atoms with Gasteiger partial charge in [-0.05, 0) is 89.8 Å². The Kier molecular flexibility index (Phi) is 7.75. The molecule has 4 heteroatoms. The van der Waals surface area contributed by atoms with Crippen LogP contribution in [-0.2, 0) is 0 Å². The topological polar surface area (TPSA) is 26.3 Å². The van der Waals surface area contributed by atoms with Gasteiger partial charge in [0.05, 0.1) is 6.10 Å². The van der Waals surface area contributed by atoms with Gasteiger partial charge in [-0.15, -0.1) is 0 Å². The van der Waals surface area contributed by atoms with Crippen molar-refractivity contribution in [3.63, 3.8) is 0 Å². The molecule has 0 radical (unpaired) electrons. The van der Waals surface area contributed by atoms with Gasteiger partial charge in [0, 0.05) is 5.56 Å². The van der Waals surface area contributed by atoms with Crippen LogP contribution in [0.4, 0.5) is 0 Å². The minimum absolute atomic E-state index is 0. The summed E-state index contributed by atoms with van der Waals surface area (Å²) < 4.78 is 5.64. The Morgan fingerprint density at radius 1 is 0.958 bits per heavy atom. The fraction of sp³-hybridized carbons (Fsp3) is 0.350. The first-order valence-electron chi connectivity index (χ1n) is 7.95. The van der Waals surface area contributed by atoms with Gasteiger partial charge in [0.2, 0.25) is 0 Å². The Balaban J connectivity index is 0.00000288. The summed E-state index contributed by atoms with van der Waals surface area (Å²) in [5.41, 5.74) is 5.73. The van der Waals surface area contributed by atoms with Crippen LogP contribution in [0.5, 0.6) is 5.75 Å². The Labute approximate surface area is 159 Å². The number of carbonyl (C=O) groups excluding carboxylic acids is 1. The zero-order valence-corrected chi connectivity index (χ0v) is 16.8. The van der Waals surface area contributed by atoms with E-state index < -0.39 is 0 Å². The van der Waals surface area contributed by atoms with E-state index in [2.05, 4.69) is 19.9 Å². The van der Waals surface area contributed by atoms with Gasteiger partial charge >= 0.3 is 18.9 Å². The summed E-state index contributed by atoms with van der Waals surface area (Å²) >= 11 is 0.